The third-order valence-electron chi connectivity index (χ3n) is 0.899. The molecule has 12 heavy (non-hydrogen) atoms. The van der Waals surface area contributed by atoms with E-state index in [9.17, 15) is 9.13 Å². The molecule has 0 aliphatic carbocycles. The first-order valence-electron chi connectivity index (χ1n) is 2.80. The van der Waals surface area contributed by atoms with Gasteiger partial charge in [0, 0.05) is 0 Å². The van der Waals surface area contributed by atoms with E-state index in [4.69, 9.17) is 19.6 Å². The molecule has 0 radical (unpaired) electrons. The van der Waals surface area contributed by atoms with Crippen molar-refractivity contribution in [1.82, 2.24) is 6.15 Å². The Morgan fingerprint density at radius 2 is 1.08 bits per heavy atom. The quantitative estimate of drug-likeness (QED) is 0.415. The highest BCUT2D eigenvalue weighted by Crippen LogP contribution is 2.40. The minimum Gasteiger partial charge on any atom is -0.344 e. The van der Waals surface area contributed by atoms with E-state index in [1.807, 2.05) is 0 Å². The molecule has 9 heteroatoms. The Morgan fingerprint density at radius 1 is 0.833 bits per heavy atom. The van der Waals surface area contributed by atoms with E-state index < -0.39 is 27.5 Å². The van der Waals surface area contributed by atoms with E-state index in [1.54, 1.807) is 0 Å². The first-order valence-corrected chi connectivity index (χ1v) is 6.39. The van der Waals surface area contributed by atoms with Gasteiger partial charge in [-0.1, -0.05) is 0 Å². The molecule has 0 saturated heterocycles. The van der Waals surface area contributed by atoms with Crippen molar-refractivity contribution in [2.75, 3.05) is 12.3 Å². The lowest BCUT2D eigenvalue weighted by atomic mass is 10.6. The van der Waals surface area contributed by atoms with Crippen LogP contribution < -0.4 is 6.15 Å². The number of rotatable bonds is 4. The fourth-order valence-electron chi connectivity index (χ4n) is 0.483. The maximum atomic E-state index is 10.2. The molecular formula is C3H13NO6P2. The summed E-state index contributed by atoms with van der Waals surface area (Å²) in [4.78, 5) is 33.1. The molecule has 0 rings (SSSR count). The van der Waals surface area contributed by atoms with Crippen LogP contribution in [0.2, 0.25) is 0 Å². The minimum atomic E-state index is -4.10. The molecule has 0 heterocycles. The molecule has 0 saturated carbocycles. The van der Waals surface area contributed by atoms with Gasteiger partial charge in [0.1, 0.15) is 0 Å². The molecule has 0 bridgehead atoms. The van der Waals surface area contributed by atoms with Gasteiger partial charge in [-0.15, -0.1) is 0 Å². The Hall–Kier alpha value is 0.260. The van der Waals surface area contributed by atoms with Crippen molar-refractivity contribution in [3.8, 4) is 0 Å². The molecule has 0 atom stereocenters. The number of hydrogen-bond donors (Lipinski definition) is 5. The van der Waals surface area contributed by atoms with Gasteiger partial charge in [0.15, 0.2) is 0 Å². The highest BCUT2D eigenvalue weighted by atomic mass is 31.2. The topological polar surface area (TPSA) is 150 Å². The van der Waals surface area contributed by atoms with E-state index in [0.29, 0.717) is 0 Å². The van der Waals surface area contributed by atoms with Crippen LogP contribution in [0.4, 0.5) is 0 Å². The van der Waals surface area contributed by atoms with Crippen LogP contribution in [0.3, 0.4) is 0 Å². The van der Waals surface area contributed by atoms with Gasteiger partial charge in [0.05, 0.1) is 12.3 Å². The first kappa shape index (κ1) is 14.8. The van der Waals surface area contributed by atoms with E-state index in [-0.39, 0.29) is 12.6 Å². The predicted molar refractivity (Wildman–Crippen MR) is 43.5 cm³/mol. The molecule has 0 aromatic rings. The molecule has 7 N–H and O–H groups in total. The van der Waals surface area contributed by atoms with Crippen molar-refractivity contribution in [2.24, 2.45) is 0 Å². The van der Waals surface area contributed by atoms with Crippen LogP contribution in [-0.2, 0) is 9.13 Å². The molecule has 0 aromatic carbocycles. The van der Waals surface area contributed by atoms with Crippen molar-refractivity contribution in [3.05, 3.63) is 0 Å². The summed E-state index contributed by atoms with van der Waals surface area (Å²) in [6, 6.07) is 0. The minimum absolute atomic E-state index is 0. The van der Waals surface area contributed by atoms with Crippen molar-refractivity contribution >= 4 is 15.2 Å². The van der Waals surface area contributed by atoms with Crippen LogP contribution in [0.15, 0.2) is 0 Å². The van der Waals surface area contributed by atoms with Crippen LogP contribution in [0.5, 0.6) is 0 Å². The summed E-state index contributed by atoms with van der Waals surface area (Å²) >= 11 is 0. The van der Waals surface area contributed by atoms with E-state index >= 15 is 0 Å². The predicted octanol–water partition coefficient (Wildman–Crippen LogP) is -0.106. The van der Waals surface area contributed by atoms with Gasteiger partial charge in [-0.2, -0.15) is 0 Å². The van der Waals surface area contributed by atoms with E-state index in [0.717, 1.165) is 0 Å². The standard InChI is InChI=1S/C3H10O6P2.H3N/c4-10(5,6)2-1-3-11(7,8)9;/h1-3H2,(H2,4,5,6)(H2,7,8,9);1H3. The number of hydrogen-bond acceptors (Lipinski definition) is 3. The largest absolute Gasteiger partial charge is 0.344 e. The Balaban J connectivity index is 0. The van der Waals surface area contributed by atoms with Crippen molar-refractivity contribution < 1.29 is 28.7 Å². The zero-order valence-corrected chi connectivity index (χ0v) is 8.12. The van der Waals surface area contributed by atoms with Crippen LogP contribution in [0.1, 0.15) is 6.42 Å². The van der Waals surface area contributed by atoms with Gasteiger partial charge < -0.3 is 25.7 Å². The Morgan fingerprint density at radius 3 is 1.25 bits per heavy atom. The third-order valence-corrected chi connectivity index (χ3v) is 2.70. The maximum absolute atomic E-state index is 10.2. The molecule has 7 nitrogen and oxygen atoms in total. The van der Waals surface area contributed by atoms with Crippen LogP contribution in [0.25, 0.3) is 0 Å². The second-order valence-corrected chi connectivity index (χ2v) is 5.68. The average molecular weight is 221 g/mol. The summed E-state index contributed by atoms with van der Waals surface area (Å²) in [5.74, 6) is 0. The molecule has 76 valence electrons. The van der Waals surface area contributed by atoms with Crippen molar-refractivity contribution in [2.45, 2.75) is 6.42 Å². The van der Waals surface area contributed by atoms with Crippen molar-refractivity contribution in [1.29, 1.82) is 0 Å². The van der Waals surface area contributed by atoms with E-state index in [2.05, 4.69) is 0 Å². The monoisotopic (exact) mass is 221 g/mol. The van der Waals surface area contributed by atoms with Crippen LogP contribution >= 0.6 is 15.2 Å². The molecule has 0 spiro atoms. The lowest BCUT2D eigenvalue weighted by molar-refractivity contribution is 0.366. The second-order valence-electron chi connectivity index (χ2n) is 2.13. The zero-order valence-electron chi connectivity index (χ0n) is 6.33. The fraction of sp³-hybridized carbons (Fsp3) is 1.00. The fourth-order valence-corrected chi connectivity index (χ4v) is 1.87. The lowest BCUT2D eigenvalue weighted by Crippen LogP contribution is -1.93. The third kappa shape index (κ3) is 12.9. The van der Waals surface area contributed by atoms with Crippen LogP contribution in [-0.4, -0.2) is 31.9 Å². The maximum Gasteiger partial charge on any atom is 0.325 e. The summed E-state index contributed by atoms with van der Waals surface area (Å²) in [6.45, 7) is 0. The lowest BCUT2D eigenvalue weighted by Gasteiger charge is -2.04. The molecule has 0 aliphatic rings. The molecule has 0 fully saturated rings. The van der Waals surface area contributed by atoms with Gasteiger partial charge in [0.2, 0.25) is 0 Å². The zero-order chi connectivity index (χ0) is 9.12. The SMILES string of the molecule is N.O=P(O)(O)CCCP(=O)(O)O. The highest BCUT2D eigenvalue weighted by Gasteiger charge is 2.17. The molecule has 0 unspecified atom stereocenters. The van der Waals surface area contributed by atoms with Gasteiger partial charge >= 0.3 is 15.2 Å². The van der Waals surface area contributed by atoms with Gasteiger partial charge in [-0.25, -0.2) is 0 Å². The van der Waals surface area contributed by atoms with Gasteiger partial charge in [0.25, 0.3) is 0 Å². The second kappa shape index (κ2) is 5.09. The van der Waals surface area contributed by atoms with E-state index in [1.165, 1.54) is 0 Å². The molecular weight excluding hydrogens is 208 g/mol. The highest BCUT2D eigenvalue weighted by molar-refractivity contribution is 7.52. The summed E-state index contributed by atoms with van der Waals surface area (Å²) < 4.78 is 20.3. The summed E-state index contributed by atoms with van der Waals surface area (Å²) in [5.41, 5.74) is 0. The van der Waals surface area contributed by atoms with Gasteiger partial charge in [-0.3, -0.25) is 9.13 Å². The smallest absolute Gasteiger partial charge is 0.325 e. The Labute approximate surface area is 69.7 Å². The Kier molecular flexibility index (Phi) is 6.26. The molecule has 0 aromatic heterocycles. The van der Waals surface area contributed by atoms with Crippen LogP contribution in [0, 0.1) is 0 Å². The molecule has 0 aliphatic heterocycles. The Bertz CT molecular complexity index is 183. The molecule has 0 amide bonds. The normalized spacial score (nSPS) is 12.3. The summed E-state index contributed by atoms with van der Waals surface area (Å²) in [6.07, 6.45) is -1.11. The summed E-state index contributed by atoms with van der Waals surface area (Å²) in [7, 11) is -8.19. The van der Waals surface area contributed by atoms with Crippen molar-refractivity contribution in [3.63, 3.8) is 0 Å². The summed E-state index contributed by atoms with van der Waals surface area (Å²) in [5, 5.41) is 0. The van der Waals surface area contributed by atoms with Gasteiger partial charge in [-0.05, 0) is 6.42 Å². The average Bonchev–Trinajstić information content (AvgIpc) is 1.55. The first-order chi connectivity index (χ1) is 4.71.